The van der Waals surface area contributed by atoms with Crippen LogP contribution in [0.1, 0.15) is 35.1 Å². The Bertz CT molecular complexity index is 585. The Morgan fingerprint density at radius 1 is 1.55 bits per heavy atom. The van der Waals surface area contributed by atoms with Gasteiger partial charge in [-0.25, -0.2) is 0 Å². The minimum Gasteiger partial charge on any atom is -0.330 e. The second-order valence-electron chi connectivity index (χ2n) is 4.60. The van der Waals surface area contributed by atoms with Crippen molar-refractivity contribution in [1.29, 1.82) is 0 Å². The molecule has 7 nitrogen and oxygen atoms in total. The summed E-state index contributed by atoms with van der Waals surface area (Å²) in [6.45, 7) is 5.22. The van der Waals surface area contributed by atoms with Crippen molar-refractivity contribution in [3.63, 3.8) is 0 Å². The van der Waals surface area contributed by atoms with Crippen LogP contribution in [0.25, 0.3) is 0 Å². The van der Waals surface area contributed by atoms with Gasteiger partial charge in [-0.3, -0.25) is 14.6 Å². The van der Waals surface area contributed by atoms with Gasteiger partial charge in [-0.2, -0.15) is 10.2 Å². The molecule has 0 radical (unpaired) electrons. The largest absolute Gasteiger partial charge is 0.330 e. The van der Waals surface area contributed by atoms with Crippen LogP contribution in [0, 0.1) is 6.92 Å². The standard InChI is InChI=1S/C13H20N6O/c1-3-10-7-12(18-17-10)16-13(20)11-8-15-19(9(11)2)6-4-5-14/h7-8H,3-6,14H2,1-2H3,(H2,16,17,18,20). The SMILES string of the molecule is CCc1cc(NC(=O)c2cnn(CCCN)c2C)n[nH]1. The number of aromatic nitrogens is 4. The van der Waals surface area contributed by atoms with E-state index in [4.69, 9.17) is 5.73 Å². The van der Waals surface area contributed by atoms with Crippen molar-refractivity contribution in [2.45, 2.75) is 33.2 Å². The van der Waals surface area contributed by atoms with E-state index in [-0.39, 0.29) is 5.91 Å². The molecule has 0 spiro atoms. The van der Waals surface area contributed by atoms with E-state index in [2.05, 4.69) is 20.6 Å². The Kier molecular flexibility index (Phi) is 4.52. The molecular weight excluding hydrogens is 256 g/mol. The monoisotopic (exact) mass is 276 g/mol. The van der Waals surface area contributed by atoms with E-state index >= 15 is 0 Å². The number of aryl methyl sites for hydroxylation is 2. The molecule has 0 aromatic carbocycles. The summed E-state index contributed by atoms with van der Waals surface area (Å²) in [4.78, 5) is 12.2. The first-order valence-electron chi connectivity index (χ1n) is 6.73. The number of H-pyrrole nitrogens is 1. The Hall–Kier alpha value is -2.15. The number of nitrogens with two attached hydrogens (primary N) is 1. The molecule has 0 aliphatic heterocycles. The average Bonchev–Trinajstić information content (AvgIpc) is 3.03. The van der Waals surface area contributed by atoms with E-state index in [1.54, 1.807) is 10.9 Å². The number of nitrogens with one attached hydrogen (secondary N) is 2. The molecule has 0 atom stereocenters. The van der Waals surface area contributed by atoms with Crippen LogP contribution >= 0.6 is 0 Å². The molecule has 0 fully saturated rings. The molecule has 0 saturated heterocycles. The fourth-order valence-electron chi connectivity index (χ4n) is 1.93. The summed E-state index contributed by atoms with van der Waals surface area (Å²) in [5, 5.41) is 13.9. The van der Waals surface area contributed by atoms with Gasteiger partial charge in [-0.15, -0.1) is 0 Å². The number of hydrogen-bond donors (Lipinski definition) is 3. The molecule has 0 aliphatic carbocycles. The van der Waals surface area contributed by atoms with Gasteiger partial charge >= 0.3 is 0 Å². The van der Waals surface area contributed by atoms with E-state index in [1.165, 1.54) is 0 Å². The van der Waals surface area contributed by atoms with Crippen LogP contribution in [-0.2, 0) is 13.0 Å². The Morgan fingerprint density at radius 3 is 3.00 bits per heavy atom. The third kappa shape index (κ3) is 3.05. The zero-order valence-corrected chi connectivity index (χ0v) is 11.8. The van der Waals surface area contributed by atoms with Gasteiger partial charge < -0.3 is 11.1 Å². The maximum Gasteiger partial charge on any atom is 0.260 e. The number of hydrogen-bond acceptors (Lipinski definition) is 4. The van der Waals surface area contributed by atoms with Gasteiger partial charge in [0.05, 0.1) is 11.8 Å². The van der Waals surface area contributed by atoms with E-state index in [1.807, 2.05) is 19.9 Å². The molecule has 0 unspecified atom stereocenters. The number of rotatable bonds is 6. The Balaban J connectivity index is 2.07. The van der Waals surface area contributed by atoms with Gasteiger partial charge in [-0.1, -0.05) is 6.92 Å². The van der Waals surface area contributed by atoms with E-state index in [0.717, 1.165) is 30.8 Å². The molecule has 7 heteroatoms. The third-order valence-corrected chi connectivity index (χ3v) is 3.18. The summed E-state index contributed by atoms with van der Waals surface area (Å²) >= 11 is 0. The van der Waals surface area contributed by atoms with Crippen molar-refractivity contribution in [3.05, 3.63) is 29.2 Å². The van der Waals surface area contributed by atoms with Gasteiger partial charge in [0.15, 0.2) is 5.82 Å². The summed E-state index contributed by atoms with van der Waals surface area (Å²) in [7, 11) is 0. The normalized spacial score (nSPS) is 10.8. The minimum atomic E-state index is -0.198. The van der Waals surface area contributed by atoms with Gasteiger partial charge in [-0.05, 0) is 26.3 Å². The van der Waals surface area contributed by atoms with Crippen LogP contribution in [0.4, 0.5) is 5.82 Å². The van der Waals surface area contributed by atoms with Gasteiger partial charge in [0, 0.05) is 24.0 Å². The lowest BCUT2D eigenvalue weighted by Gasteiger charge is -2.04. The predicted octanol–water partition coefficient (Wildman–Crippen LogP) is 1.08. The fraction of sp³-hybridized carbons (Fsp3) is 0.462. The second kappa shape index (κ2) is 6.33. The Morgan fingerprint density at radius 2 is 2.35 bits per heavy atom. The highest BCUT2D eigenvalue weighted by Gasteiger charge is 2.15. The zero-order chi connectivity index (χ0) is 14.5. The minimum absolute atomic E-state index is 0.198. The van der Waals surface area contributed by atoms with Crippen LogP contribution in [0.3, 0.4) is 0 Å². The molecule has 108 valence electrons. The quantitative estimate of drug-likeness (QED) is 0.734. The fourth-order valence-corrected chi connectivity index (χ4v) is 1.93. The highest BCUT2D eigenvalue weighted by Crippen LogP contribution is 2.12. The number of carbonyl (C=O) groups is 1. The molecule has 20 heavy (non-hydrogen) atoms. The lowest BCUT2D eigenvalue weighted by molar-refractivity contribution is 0.102. The number of amides is 1. The number of nitrogens with zero attached hydrogens (tertiary/aromatic N) is 3. The molecule has 1 amide bonds. The summed E-state index contributed by atoms with van der Waals surface area (Å²) in [5.74, 6) is 0.330. The molecule has 2 aromatic rings. The maximum atomic E-state index is 12.2. The summed E-state index contributed by atoms with van der Waals surface area (Å²) < 4.78 is 1.80. The van der Waals surface area contributed by atoms with E-state index < -0.39 is 0 Å². The van der Waals surface area contributed by atoms with Crippen LogP contribution in [-0.4, -0.2) is 32.4 Å². The highest BCUT2D eigenvalue weighted by atomic mass is 16.1. The van der Waals surface area contributed by atoms with Crippen molar-refractivity contribution in [2.24, 2.45) is 5.73 Å². The number of aromatic amines is 1. The van der Waals surface area contributed by atoms with Crippen LogP contribution in [0.2, 0.25) is 0 Å². The van der Waals surface area contributed by atoms with Crippen LogP contribution in [0.15, 0.2) is 12.3 Å². The predicted molar refractivity (Wildman–Crippen MR) is 76.6 cm³/mol. The van der Waals surface area contributed by atoms with Crippen LogP contribution in [0.5, 0.6) is 0 Å². The smallest absolute Gasteiger partial charge is 0.260 e. The number of anilines is 1. The highest BCUT2D eigenvalue weighted by molar-refractivity contribution is 6.04. The van der Waals surface area contributed by atoms with Gasteiger partial charge in [0.1, 0.15) is 0 Å². The lowest BCUT2D eigenvalue weighted by atomic mass is 10.2. The van der Waals surface area contributed by atoms with Crippen molar-refractivity contribution in [3.8, 4) is 0 Å². The van der Waals surface area contributed by atoms with Gasteiger partial charge in [0.25, 0.3) is 5.91 Å². The molecule has 2 rings (SSSR count). The maximum absolute atomic E-state index is 12.2. The van der Waals surface area contributed by atoms with E-state index in [0.29, 0.717) is 17.9 Å². The molecule has 0 bridgehead atoms. The topological polar surface area (TPSA) is 102 Å². The van der Waals surface area contributed by atoms with Crippen molar-refractivity contribution in [1.82, 2.24) is 20.0 Å². The first-order chi connectivity index (χ1) is 9.65. The molecule has 0 aliphatic rings. The summed E-state index contributed by atoms with van der Waals surface area (Å²) in [5.41, 5.74) is 7.85. The molecule has 2 heterocycles. The molecule has 0 saturated carbocycles. The van der Waals surface area contributed by atoms with Crippen molar-refractivity contribution >= 4 is 11.7 Å². The third-order valence-electron chi connectivity index (χ3n) is 3.18. The number of carbonyl (C=O) groups excluding carboxylic acids is 1. The summed E-state index contributed by atoms with van der Waals surface area (Å²) in [6.07, 6.45) is 3.26. The average molecular weight is 276 g/mol. The molecule has 2 aromatic heterocycles. The summed E-state index contributed by atoms with van der Waals surface area (Å²) in [6, 6.07) is 1.83. The van der Waals surface area contributed by atoms with Crippen molar-refractivity contribution in [2.75, 3.05) is 11.9 Å². The van der Waals surface area contributed by atoms with Crippen LogP contribution < -0.4 is 11.1 Å². The Labute approximate surface area is 117 Å². The molecular formula is C13H20N6O. The lowest BCUT2D eigenvalue weighted by Crippen LogP contribution is -2.14. The molecule has 4 N–H and O–H groups in total. The second-order valence-corrected chi connectivity index (χ2v) is 4.60. The van der Waals surface area contributed by atoms with E-state index in [9.17, 15) is 4.79 Å². The first kappa shape index (κ1) is 14.3. The first-order valence-corrected chi connectivity index (χ1v) is 6.73. The van der Waals surface area contributed by atoms with Gasteiger partial charge in [0.2, 0.25) is 0 Å². The van der Waals surface area contributed by atoms with Crippen molar-refractivity contribution < 1.29 is 4.79 Å². The zero-order valence-electron chi connectivity index (χ0n) is 11.8.